The van der Waals surface area contributed by atoms with E-state index in [9.17, 15) is 4.39 Å². The first kappa shape index (κ1) is 8.20. The lowest BCUT2D eigenvalue weighted by Crippen LogP contribution is -2.07. The zero-order valence-corrected chi connectivity index (χ0v) is 6.60. The minimum Gasteiger partial charge on any atom is -0.443 e. The first-order chi connectivity index (χ1) is 5.15. The van der Waals surface area contributed by atoms with E-state index in [0.717, 1.165) is 5.69 Å². The molecular formula is C7H11FN2O. The second kappa shape index (κ2) is 3.00. The maximum absolute atomic E-state index is 12.8. The molecule has 0 radical (unpaired) electrons. The predicted octanol–water partition coefficient (Wildman–Crippen LogP) is 1.26. The van der Waals surface area contributed by atoms with Crippen molar-refractivity contribution in [3.05, 3.63) is 17.3 Å². The van der Waals surface area contributed by atoms with E-state index >= 15 is 0 Å². The van der Waals surface area contributed by atoms with E-state index in [1.807, 2.05) is 0 Å². The van der Waals surface area contributed by atoms with E-state index in [1.54, 1.807) is 13.8 Å². The van der Waals surface area contributed by atoms with E-state index in [2.05, 4.69) is 4.98 Å². The molecule has 1 aromatic rings. The molecule has 0 saturated carbocycles. The topological polar surface area (TPSA) is 52.0 Å². The molecule has 0 bridgehead atoms. The van der Waals surface area contributed by atoms with Crippen molar-refractivity contribution >= 4 is 0 Å². The summed E-state index contributed by atoms with van der Waals surface area (Å²) in [5, 5.41) is 0. The molecule has 62 valence electrons. The summed E-state index contributed by atoms with van der Waals surface area (Å²) in [7, 11) is 0. The Balaban J connectivity index is 2.88. The molecule has 3 nitrogen and oxygen atoms in total. The number of hydrogen-bond acceptors (Lipinski definition) is 3. The molecule has 2 N–H and O–H groups in total. The van der Waals surface area contributed by atoms with Crippen LogP contribution in [0.1, 0.15) is 23.5 Å². The number of oxazole rings is 1. The van der Waals surface area contributed by atoms with E-state index in [1.165, 1.54) is 0 Å². The molecule has 0 fully saturated rings. The Bertz CT molecular complexity index is 227. The molecule has 0 aliphatic rings. The summed E-state index contributed by atoms with van der Waals surface area (Å²) in [5.74, 6) is 0.735. The Morgan fingerprint density at radius 2 is 2.27 bits per heavy atom. The Labute approximate surface area is 64.4 Å². The Morgan fingerprint density at radius 3 is 2.64 bits per heavy atom. The molecule has 1 aromatic heterocycles. The summed E-state index contributed by atoms with van der Waals surface area (Å²) in [6.07, 6.45) is -1.28. The lowest BCUT2D eigenvalue weighted by molar-refractivity contribution is 0.279. The Morgan fingerprint density at radius 1 is 1.64 bits per heavy atom. The number of halogens is 1. The van der Waals surface area contributed by atoms with E-state index in [0.29, 0.717) is 5.76 Å². The average Bonchev–Trinajstić information content (AvgIpc) is 2.31. The average molecular weight is 158 g/mol. The van der Waals surface area contributed by atoms with Crippen LogP contribution in [0.25, 0.3) is 0 Å². The minimum atomic E-state index is -1.28. The third kappa shape index (κ3) is 1.57. The van der Waals surface area contributed by atoms with Crippen molar-refractivity contribution in [2.75, 3.05) is 6.54 Å². The van der Waals surface area contributed by atoms with Gasteiger partial charge < -0.3 is 10.2 Å². The standard InChI is InChI=1S/C7H11FN2O/c1-4-5(2)11-7(10-4)6(8)3-9/h6H,3,9H2,1-2H3. The molecule has 1 rings (SSSR count). The largest absolute Gasteiger partial charge is 0.443 e. The monoisotopic (exact) mass is 158 g/mol. The quantitative estimate of drug-likeness (QED) is 0.704. The molecule has 1 unspecified atom stereocenters. The van der Waals surface area contributed by atoms with E-state index in [4.69, 9.17) is 10.2 Å². The van der Waals surface area contributed by atoms with Crippen LogP contribution in [0.3, 0.4) is 0 Å². The van der Waals surface area contributed by atoms with Gasteiger partial charge in [0, 0.05) is 6.54 Å². The Hall–Kier alpha value is -0.900. The van der Waals surface area contributed by atoms with Crippen LogP contribution in [-0.2, 0) is 0 Å². The van der Waals surface area contributed by atoms with Crippen molar-refractivity contribution in [1.82, 2.24) is 4.98 Å². The fourth-order valence-electron chi connectivity index (χ4n) is 0.732. The van der Waals surface area contributed by atoms with Crippen LogP contribution in [0.2, 0.25) is 0 Å². The highest BCUT2D eigenvalue weighted by atomic mass is 19.1. The number of aromatic nitrogens is 1. The number of nitrogens with zero attached hydrogens (tertiary/aromatic N) is 1. The van der Waals surface area contributed by atoms with Crippen molar-refractivity contribution < 1.29 is 8.81 Å². The highest BCUT2D eigenvalue weighted by molar-refractivity contribution is 5.06. The van der Waals surface area contributed by atoms with Gasteiger partial charge in [-0.15, -0.1) is 0 Å². The van der Waals surface area contributed by atoms with E-state index < -0.39 is 6.17 Å². The molecule has 0 aliphatic heterocycles. The van der Waals surface area contributed by atoms with Crippen molar-refractivity contribution in [1.29, 1.82) is 0 Å². The smallest absolute Gasteiger partial charge is 0.230 e. The van der Waals surface area contributed by atoms with Gasteiger partial charge in [0.15, 0.2) is 6.17 Å². The number of aryl methyl sites for hydroxylation is 2. The second-order valence-electron chi connectivity index (χ2n) is 2.40. The fourth-order valence-corrected chi connectivity index (χ4v) is 0.732. The van der Waals surface area contributed by atoms with Gasteiger partial charge in [-0.1, -0.05) is 0 Å². The van der Waals surface area contributed by atoms with Gasteiger partial charge in [-0.25, -0.2) is 9.37 Å². The molecule has 0 aliphatic carbocycles. The van der Waals surface area contributed by atoms with Crippen molar-refractivity contribution in [2.24, 2.45) is 5.73 Å². The molecule has 0 saturated heterocycles. The lowest BCUT2D eigenvalue weighted by Gasteiger charge is -1.96. The molecule has 4 heteroatoms. The summed E-state index contributed by atoms with van der Waals surface area (Å²) in [5.41, 5.74) is 5.81. The van der Waals surface area contributed by atoms with Crippen LogP contribution in [0.15, 0.2) is 4.42 Å². The van der Waals surface area contributed by atoms with Gasteiger partial charge in [0.2, 0.25) is 5.89 Å². The van der Waals surface area contributed by atoms with Crippen LogP contribution in [0.5, 0.6) is 0 Å². The normalized spacial score (nSPS) is 13.5. The number of alkyl halides is 1. The van der Waals surface area contributed by atoms with Gasteiger partial charge in [-0.2, -0.15) is 0 Å². The molecule has 0 spiro atoms. The van der Waals surface area contributed by atoms with Gasteiger partial charge >= 0.3 is 0 Å². The maximum atomic E-state index is 12.8. The van der Waals surface area contributed by atoms with Crippen LogP contribution < -0.4 is 5.73 Å². The van der Waals surface area contributed by atoms with Gasteiger partial charge in [0.25, 0.3) is 0 Å². The van der Waals surface area contributed by atoms with Crippen molar-refractivity contribution in [3.63, 3.8) is 0 Å². The van der Waals surface area contributed by atoms with Crippen molar-refractivity contribution in [3.8, 4) is 0 Å². The lowest BCUT2D eigenvalue weighted by atomic mass is 10.4. The SMILES string of the molecule is Cc1nc(C(F)CN)oc1C. The van der Waals surface area contributed by atoms with Gasteiger partial charge in [0.05, 0.1) is 5.69 Å². The second-order valence-corrected chi connectivity index (χ2v) is 2.40. The van der Waals surface area contributed by atoms with Crippen molar-refractivity contribution in [2.45, 2.75) is 20.0 Å². The van der Waals surface area contributed by atoms with Gasteiger partial charge in [-0.05, 0) is 13.8 Å². The first-order valence-corrected chi connectivity index (χ1v) is 3.43. The predicted molar refractivity (Wildman–Crippen MR) is 38.9 cm³/mol. The van der Waals surface area contributed by atoms with Crippen LogP contribution in [-0.4, -0.2) is 11.5 Å². The summed E-state index contributed by atoms with van der Waals surface area (Å²) < 4.78 is 17.8. The van der Waals surface area contributed by atoms with Crippen LogP contribution in [0, 0.1) is 13.8 Å². The summed E-state index contributed by atoms with van der Waals surface area (Å²) in [4.78, 5) is 3.86. The van der Waals surface area contributed by atoms with E-state index in [-0.39, 0.29) is 12.4 Å². The third-order valence-corrected chi connectivity index (χ3v) is 1.52. The molecule has 1 heterocycles. The summed E-state index contributed by atoms with van der Waals surface area (Å²) >= 11 is 0. The molecular weight excluding hydrogens is 147 g/mol. The molecule has 1 atom stereocenters. The Kier molecular flexibility index (Phi) is 2.24. The fraction of sp³-hybridized carbons (Fsp3) is 0.571. The maximum Gasteiger partial charge on any atom is 0.230 e. The van der Waals surface area contributed by atoms with Crippen LogP contribution in [0.4, 0.5) is 4.39 Å². The highest BCUT2D eigenvalue weighted by Gasteiger charge is 2.14. The molecule has 0 amide bonds. The van der Waals surface area contributed by atoms with Gasteiger partial charge in [-0.3, -0.25) is 0 Å². The zero-order chi connectivity index (χ0) is 8.43. The summed E-state index contributed by atoms with van der Waals surface area (Å²) in [6, 6.07) is 0. The number of nitrogens with two attached hydrogens (primary N) is 1. The molecule has 11 heavy (non-hydrogen) atoms. The highest BCUT2D eigenvalue weighted by Crippen LogP contribution is 2.17. The minimum absolute atomic E-state index is 0.0839. The van der Waals surface area contributed by atoms with Crippen LogP contribution >= 0.6 is 0 Å². The molecule has 0 aromatic carbocycles. The zero-order valence-electron chi connectivity index (χ0n) is 6.60. The third-order valence-electron chi connectivity index (χ3n) is 1.52. The first-order valence-electron chi connectivity index (χ1n) is 3.43. The van der Waals surface area contributed by atoms with Gasteiger partial charge in [0.1, 0.15) is 5.76 Å². The summed E-state index contributed by atoms with van der Waals surface area (Å²) in [6.45, 7) is 3.43. The number of rotatable bonds is 2. The number of hydrogen-bond donors (Lipinski definition) is 1.